The highest BCUT2D eigenvalue weighted by Crippen LogP contribution is 2.17. The van der Waals surface area contributed by atoms with Gasteiger partial charge in [-0.3, -0.25) is 14.4 Å². The van der Waals surface area contributed by atoms with E-state index in [1.54, 1.807) is 0 Å². The SMILES string of the molecule is CC/C=C\C/C=C\C/C=C\C/C=C\C/C=C\CCCCCC(=O)OC(COC(=O)CCCCCCCCCCCCCC/C=C\C/C=C\C/C=C\C/C=C\CC)COC(=O)CCCCCCCCCCCCCCCCCCCCC. The maximum Gasteiger partial charge on any atom is 0.306 e. The van der Waals surface area contributed by atoms with Gasteiger partial charge in [0.1, 0.15) is 13.2 Å². The molecular weight excluding hydrogens is 997 g/mol. The molecule has 0 aliphatic heterocycles. The van der Waals surface area contributed by atoms with Gasteiger partial charge in [-0.1, -0.05) is 316 Å². The summed E-state index contributed by atoms with van der Waals surface area (Å²) in [5.41, 5.74) is 0. The Hall–Kier alpha value is -3.93. The zero-order valence-electron chi connectivity index (χ0n) is 53.3. The van der Waals surface area contributed by atoms with Crippen molar-refractivity contribution in [1.82, 2.24) is 0 Å². The van der Waals surface area contributed by atoms with E-state index in [2.05, 4.69) is 130 Å². The van der Waals surface area contributed by atoms with Crippen molar-refractivity contribution in [3.05, 3.63) is 109 Å². The lowest BCUT2D eigenvalue weighted by Gasteiger charge is -2.18. The van der Waals surface area contributed by atoms with Crippen molar-refractivity contribution in [2.75, 3.05) is 13.2 Å². The third-order valence-corrected chi connectivity index (χ3v) is 14.8. The molecule has 0 aromatic rings. The predicted octanol–water partition coefficient (Wildman–Crippen LogP) is 23.8. The van der Waals surface area contributed by atoms with Gasteiger partial charge in [0.15, 0.2) is 6.10 Å². The zero-order valence-corrected chi connectivity index (χ0v) is 53.3. The second kappa shape index (κ2) is 68.6. The minimum absolute atomic E-state index is 0.0896. The first-order valence-electron chi connectivity index (χ1n) is 34.4. The fourth-order valence-corrected chi connectivity index (χ4v) is 9.70. The van der Waals surface area contributed by atoms with Crippen LogP contribution in [-0.4, -0.2) is 37.2 Å². The molecule has 0 spiro atoms. The summed E-state index contributed by atoms with van der Waals surface area (Å²) < 4.78 is 17.0. The normalized spacial score (nSPS) is 12.8. The largest absolute Gasteiger partial charge is 0.462 e. The molecule has 0 aliphatic rings. The topological polar surface area (TPSA) is 78.9 Å². The molecule has 0 bridgehead atoms. The number of carbonyl (C=O) groups is 3. The van der Waals surface area contributed by atoms with Crippen LogP contribution in [-0.2, 0) is 28.6 Å². The first kappa shape index (κ1) is 77.1. The molecule has 0 aromatic heterocycles. The molecule has 0 N–H and O–H groups in total. The maximum absolute atomic E-state index is 12.9. The molecule has 6 nitrogen and oxygen atoms in total. The van der Waals surface area contributed by atoms with Crippen molar-refractivity contribution in [2.24, 2.45) is 0 Å². The van der Waals surface area contributed by atoms with Crippen molar-refractivity contribution in [2.45, 2.75) is 335 Å². The number of carbonyl (C=O) groups excluding carboxylic acids is 3. The van der Waals surface area contributed by atoms with Crippen LogP contribution in [0.1, 0.15) is 329 Å². The Labute approximate surface area is 501 Å². The Balaban J connectivity index is 4.39. The lowest BCUT2D eigenvalue weighted by molar-refractivity contribution is -0.167. The van der Waals surface area contributed by atoms with Gasteiger partial charge in [0.25, 0.3) is 0 Å². The monoisotopic (exact) mass is 1120 g/mol. The highest BCUT2D eigenvalue weighted by molar-refractivity contribution is 5.71. The standard InChI is InChI=1S/C75H128O6/c1-4-7-10-13-16-19-22-25-28-31-34-35-36-37-38-39-42-44-47-50-53-56-59-62-65-68-74(77)80-71-72(81-75(78)69-66-63-60-57-54-51-48-45-41-33-30-27-24-21-18-15-12-9-6-3)70-79-73(76)67-64-61-58-55-52-49-46-43-40-32-29-26-23-20-17-14-11-8-5-2/h7,9-10,12,16,18-19,21,25,27-28,30,34-35,41,45,51,54,72H,4-6,8,11,13-15,17,20,22-24,26,29,31-33,36-40,42-44,46-50,52-53,55-71H2,1-3H3/b10-7-,12-9-,19-16-,21-18-,28-25-,30-27-,35-34-,45-41-,54-51-. The summed E-state index contributed by atoms with van der Waals surface area (Å²) in [6.07, 6.45) is 93.9. The van der Waals surface area contributed by atoms with Gasteiger partial charge in [-0.2, -0.15) is 0 Å². The van der Waals surface area contributed by atoms with Gasteiger partial charge in [0.05, 0.1) is 0 Å². The van der Waals surface area contributed by atoms with E-state index >= 15 is 0 Å². The smallest absolute Gasteiger partial charge is 0.306 e. The average Bonchev–Trinajstić information content (AvgIpc) is 3.47. The molecule has 0 saturated heterocycles. The molecule has 0 fully saturated rings. The van der Waals surface area contributed by atoms with Gasteiger partial charge in [0.2, 0.25) is 0 Å². The van der Waals surface area contributed by atoms with E-state index in [-0.39, 0.29) is 37.5 Å². The van der Waals surface area contributed by atoms with E-state index in [1.165, 1.54) is 167 Å². The van der Waals surface area contributed by atoms with Crippen LogP contribution in [0.25, 0.3) is 0 Å². The van der Waals surface area contributed by atoms with Crippen LogP contribution < -0.4 is 0 Å². The molecule has 81 heavy (non-hydrogen) atoms. The molecule has 0 heterocycles. The second-order valence-corrected chi connectivity index (χ2v) is 22.7. The van der Waals surface area contributed by atoms with E-state index in [1.807, 2.05) is 0 Å². The van der Waals surface area contributed by atoms with Crippen LogP contribution in [0.15, 0.2) is 109 Å². The van der Waals surface area contributed by atoms with Crippen LogP contribution in [0.2, 0.25) is 0 Å². The summed E-state index contributed by atoms with van der Waals surface area (Å²) >= 11 is 0. The molecule has 0 radical (unpaired) electrons. The lowest BCUT2D eigenvalue weighted by Crippen LogP contribution is -2.30. The van der Waals surface area contributed by atoms with Crippen LogP contribution in [0, 0.1) is 0 Å². The average molecular weight is 1130 g/mol. The van der Waals surface area contributed by atoms with Crippen molar-refractivity contribution in [3.8, 4) is 0 Å². The van der Waals surface area contributed by atoms with Crippen LogP contribution in [0.5, 0.6) is 0 Å². The van der Waals surface area contributed by atoms with E-state index < -0.39 is 6.10 Å². The number of rotatable bonds is 62. The Bertz CT molecular complexity index is 1620. The van der Waals surface area contributed by atoms with Crippen molar-refractivity contribution >= 4 is 17.9 Å². The zero-order chi connectivity index (χ0) is 58.5. The van der Waals surface area contributed by atoms with Crippen LogP contribution in [0.3, 0.4) is 0 Å². The highest BCUT2D eigenvalue weighted by atomic mass is 16.6. The van der Waals surface area contributed by atoms with E-state index in [0.29, 0.717) is 12.8 Å². The highest BCUT2D eigenvalue weighted by Gasteiger charge is 2.19. The molecule has 464 valence electrons. The minimum Gasteiger partial charge on any atom is -0.462 e. The maximum atomic E-state index is 12.9. The summed E-state index contributed by atoms with van der Waals surface area (Å²) in [7, 11) is 0. The lowest BCUT2D eigenvalue weighted by atomic mass is 10.0. The number of hydrogen-bond acceptors (Lipinski definition) is 6. The first-order valence-corrected chi connectivity index (χ1v) is 34.4. The third-order valence-electron chi connectivity index (χ3n) is 14.8. The third kappa shape index (κ3) is 66.8. The number of hydrogen-bond donors (Lipinski definition) is 0. The molecular formula is C75H128O6. The fraction of sp³-hybridized carbons (Fsp3) is 0.720. The van der Waals surface area contributed by atoms with E-state index in [4.69, 9.17) is 14.2 Å². The number of esters is 3. The van der Waals surface area contributed by atoms with Gasteiger partial charge in [-0.25, -0.2) is 0 Å². The predicted molar refractivity (Wildman–Crippen MR) is 353 cm³/mol. The van der Waals surface area contributed by atoms with E-state index in [9.17, 15) is 14.4 Å². The Kier molecular flexibility index (Phi) is 65.2. The second-order valence-electron chi connectivity index (χ2n) is 22.7. The van der Waals surface area contributed by atoms with Gasteiger partial charge in [-0.15, -0.1) is 0 Å². The first-order chi connectivity index (χ1) is 40.0. The summed E-state index contributed by atoms with van der Waals surface area (Å²) in [5, 5.41) is 0. The Morgan fingerprint density at radius 1 is 0.259 bits per heavy atom. The molecule has 1 unspecified atom stereocenters. The molecule has 0 saturated carbocycles. The van der Waals surface area contributed by atoms with Gasteiger partial charge in [0, 0.05) is 19.3 Å². The summed E-state index contributed by atoms with van der Waals surface area (Å²) in [4.78, 5) is 38.5. The molecule has 0 aliphatic carbocycles. The van der Waals surface area contributed by atoms with Crippen LogP contribution in [0.4, 0.5) is 0 Å². The molecule has 0 amide bonds. The number of allylic oxidation sites excluding steroid dienone is 18. The fourth-order valence-electron chi connectivity index (χ4n) is 9.70. The minimum atomic E-state index is -0.798. The van der Waals surface area contributed by atoms with Crippen molar-refractivity contribution < 1.29 is 28.6 Å². The van der Waals surface area contributed by atoms with Gasteiger partial charge < -0.3 is 14.2 Å². The van der Waals surface area contributed by atoms with E-state index in [0.717, 1.165) is 122 Å². The summed E-state index contributed by atoms with van der Waals surface area (Å²) in [6, 6.07) is 0. The van der Waals surface area contributed by atoms with Crippen molar-refractivity contribution in [3.63, 3.8) is 0 Å². The Morgan fingerprint density at radius 3 is 0.765 bits per heavy atom. The van der Waals surface area contributed by atoms with Gasteiger partial charge in [-0.05, 0) is 103 Å². The molecule has 0 rings (SSSR count). The Morgan fingerprint density at radius 2 is 0.481 bits per heavy atom. The molecule has 0 aromatic carbocycles. The molecule has 6 heteroatoms. The summed E-state index contributed by atoms with van der Waals surface area (Å²) in [5.74, 6) is -0.909. The summed E-state index contributed by atoms with van der Waals surface area (Å²) in [6.45, 7) is 6.43. The van der Waals surface area contributed by atoms with Crippen LogP contribution >= 0.6 is 0 Å². The van der Waals surface area contributed by atoms with Crippen molar-refractivity contribution in [1.29, 1.82) is 0 Å². The number of unbranched alkanes of at least 4 members (excludes halogenated alkanes) is 33. The van der Waals surface area contributed by atoms with Gasteiger partial charge >= 0.3 is 17.9 Å². The number of ether oxygens (including phenoxy) is 3. The quantitative estimate of drug-likeness (QED) is 0.0261. The molecule has 1 atom stereocenters.